The molecule has 9 nitrogen and oxygen atoms in total. The highest BCUT2D eigenvalue weighted by atomic mass is 32.2. The second-order valence-corrected chi connectivity index (χ2v) is 13.1. The SMILES string of the molecule is CCOC(=O)N1CCN(S(=O)(=O)c2ccc(C(=O)N(Cc3ccccc3)c3nc4ccc(SC)cc4s3)cc2)CC1. The van der Waals surface area contributed by atoms with Gasteiger partial charge < -0.3 is 9.64 Å². The van der Waals surface area contributed by atoms with Gasteiger partial charge in [-0.1, -0.05) is 41.7 Å². The molecule has 5 rings (SSSR count). The smallest absolute Gasteiger partial charge is 0.409 e. The number of carbonyl (C=O) groups excluding carboxylic acids is 2. The second-order valence-electron chi connectivity index (χ2n) is 9.32. The summed E-state index contributed by atoms with van der Waals surface area (Å²) in [4.78, 5) is 34.9. The average molecular weight is 611 g/mol. The summed E-state index contributed by atoms with van der Waals surface area (Å²) in [6.45, 7) is 3.16. The topological polar surface area (TPSA) is 100 Å². The third-order valence-electron chi connectivity index (χ3n) is 6.75. The van der Waals surface area contributed by atoms with Gasteiger partial charge >= 0.3 is 6.09 Å². The number of thioether (sulfide) groups is 1. The molecule has 1 saturated heterocycles. The number of nitrogens with zero attached hydrogens (tertiary/aromatic N) is 4. The Morgan fingerprint density at radius 3 is 2.37 bits per heavy atom. The summed E-state index contributed by atoms with van der Waals surface area (Å²) in [7, 11) is -3.79. The number of piperazine rings is 1. The minimum Gasteiger partial charge on any atom is -0.450 e. The lowest BCUT2D eigenvalue weighted by Gasteiger charge is -2.33. The number of aromatic nitrogens is 1. The van der Waals surface area contributed by atoms with E-state index < -0.39 is 16.1 Å². The number of hydrogen-bond donors (Lipinski definition) is 0. The normalized spacial score (nSPS) is 14.2. The molecule has 0 N–H and O–H groups in total. The van der Waals surface area contributed by atoms with Crippen LogP contribution in [-0.2, 0) is 21.3 Å². The minimum atomic E-state index is -3.79. The Morgan fingerprint density at radius 1 is 1.00 bits per heavy atom. The van der Waals surface area contributed by atoms with E-state index in [9.17, 15) is 18.0 Å². The Kier molecular flexibility index (Phi) is 8.93. The van der Waals surface area contributed by atoms with E-state index in [1.54, 1.807) is 35.7 Å². The van der Waals surface area contributed by atoms with Crippen molar-refractivity contribution >= 4 is 60.5 Å². The number of rotatable bonds is 8. The van der Waals surface area contributed by atoms with Crippen LogP contribution in [0.5, 0.6) is 0 Å². The Bertz CT molecular complexity index is 1630. The lowest BCUT2D eigenvalue weighted by Crippen LogP contribution is -2.50. The van der Waals surface area contributed by atoms with Crippen LogP contribution < -0.4 is 4.90 Å². The molecular weight excluding hydrogens is 581 g/mol. The molecular formula is C29H30N4O5S3. The molecule has 3 aromatic carbocycles. The van der Waals surface area contributed by atoms with E-state index in [0.717, 1.165) is 20.7 Å². The van der Waals surface area contributed by atoms with Crippen molar-refractivity contribution in [2.45, 2.75) is 23.3 Å². The van der Waals surface area contributed by atoms with Gasteiger partial charge in [0.1, 0.15) is 0 Å². The lowest BCUT2D eigenvalue weighted by atomic mass is 10.1. The average Bonchev–Trinajstić information content (AvgIpc) is 3.43. The summed E-state index contributed by atoms with van der Waals surface area (Å²) in [5.74, 6) is -0.273. The molecule has 0 bridgehead atoms. The highest BCUT2D eigenvalue weighted by Gasteiger charge is 2.31. The summed E-state index contributed by atoms with van der Waals surface area (Å²) < 4.78 is 34.0. The van der Waals surface area contributed by atoms with E-state index in [4.69, 9.17) is 9.72 Å². The van der Waals surface area contributed by atoms with Crippen molar-refractivity contribution < 1.29 is 22.7 Å². The van der Waals surface area contributed by atoms with Crippen LogP contribution in [0.2, 0.25) is 0 Å². The molecule has 1 fully saturated rings. The van der Waals surface area contributed by atoms with E-state index >= 15 is 0 Å². The monoisotopic (exact) mass is 610 g/mol. The molecule has 2 heterocycles. The molecule has 214 valence electrons. The molecule has 0 spiro atoms. The van der Waals surface area contributed by atoms with Crippen LogP contribution in [0.1, 0.15) is 22.8 Å². The maximum absolute atomic E-state index is 13.8. The zero-order valence-corrected chi connectivity index (χ0v) is 25.2. The van der Waals surface area contributed by atoms with Crippen molar-refractivity contribution in [2.24, 2.45) is 0 Å². The zero-order chi connectivity index (χ0) is 29.0. The second kappa shape index (κ2) is 12.6. The Balaban J connectivity index is 1.37. The molecule has 1 aliphatic heterocycles. The standard InChI is InChI=1S/C29H30N4O5S3/c1-3-38-29(35)31-15-17-32(18-16-31)41(36,37)24-12-9-22(10-13-24)27(34)33(20-21-7-5-4-6-8-21)28-30-25-14-11-23(39-2)19-26(25)40-28/h4-14,19H,3,15-18,20H2,1-2H3. The number of hydrogen-bond acceptors (Lipinski definition) is 8. The van der Waals surface area contributed by atoms with Gasteiger partial charge in [0.15, 0.2) is 5.13 Å². The number of ether oxygens (including phenoxy) is 1. The number of thiazole rings is 1. The number of anilines is 1. The van der Waals surface area contributed by atoms with Crippen molar-refractivity contribution in [3.05, 3.63) is 83.9 Å². The van der Waals surface area contributed by atoms with Gasteiger partial charge in [-0.15, -0.1) is 11.8 Å². The highest BCUT2D eigenvalue weighted by molar-refractivity contribution is 7.98. The third-order valence-corrected chi connectivity index (χ3v) is 10.4. The maximum Gasteiger partial charge on any atom is 0.409 e. The predicted octanol–water partition coefficient (Wildman–Crippen LogP) is 5.33. The van der Waals surface area contributed by atoms with Crippen LogP contribution in [-0.4, -0.2) is 73.6 Å². The Morgan fingerprint density at radius 2 is 1.71 bits per heavy atom. The fourth-order valence-corrected chi connectivity index (χ4v) is 7.47. The number of carbonyl (C=O) groups is 2. The summed E-state index contributed by atoms with van der Waals surface area (Å²) in [5, 5.41) is 0.572. The molecule has 0 unspecified atom stereocenters. The van der Waals surface area contributed by atoms with Gasteiger partial charge in [0, 0.05) is 36.6 Å². The quantitative estimate of drug-likeness (QED) is 0.249. The molecule has 41 heavy (non-hydrogen) atoms. The van der Waals surface area contributed by atoms with Crippen LogP contribution >= 0.6 is 23.1 Å². The Labute approximate surface area is 247 Å². The Hall–Kier alpha value is -3.45. The first-order valence-corrected chi connectivity index (χ1v) is 16.6. The summed E-state index contributed by atoms with van der Waals surface area (Å²) in [5.41, 5.74) is 2.13. The molecule has 0 radical (unpaired) electrons. The van der Waals surface area contributed by atoms with E-state index in [-0.39, 0.29) is 43.6 Å². The molecule has 0 saturated carbocycles. The molecule has 1 aliphatic rings. The van der Waals surface area contributed by atoms with Crippen molar-refractivity contribution in [3.8, 4) is 0 Å². The summed E-state index contributed by atoms with van der Waals surface area (Å²) in [6, 6.07) is 21.7. The van der Waals surface area contributed by atoms with Crippen LogP contribution in [0.4, 0.5) is 9.93 Å². The first kappa shape index (κ1) is 29.1. The number of benzene rings is 3. The van der Waals surface area contributed by atoms with Gasteiger partial charge in [-0.2, -0.15) is 4.31 Å². The van der Waals surface area contributed by atoms with Gasteiger partial charge in [-0.05, 0) is 61.2 Å². The predicted molar refractivity (Wildman–Crippen MR) is 162 cm³/mol. The molecule has 1 aromatic heterocycles. The zero-order valence-electron chi connectivity index (χ0n) is 22.7. The van der Waals surface area contributed by atoms with Crippen molar-refractivity contribution in [1.29, 1.82) is 0 Å². The minimum absolute atomic E-state index is 0.0952. The van der Waals surface area contributed by atoms with Crippen LogP contribution in [0.15, 0.2) is 82.6 Å². The fourth-order valence-electron chi connectivity index (χ4n) is 4.53. The van der Waals surface area contributed by atoms with Gasteiger partial charge in [0.25, 0.3) is 5.91 Å². The maximum atomic E-state index is 13.8. The largest absolute Gasteiger partial charge is 0.450 e. The lowest BCUT2D eigenvalue weighted by molar-refractivity contribution is 0.0933. The van der Waals surface area contributed by atoms with Gasteiger partial charge in [0.2, 0.25) is 10.0 Å². The number of amides is 2. The van der Waals surface area contributed by atoms with E-state index in [1.807, 2.05) is 48.7 Å². The molecule has 0 aliphatic carbocycles. The molecule has 12 heteroatoms. The van der Waals surface area contributed by atoms with E-state index in [0.29, 0.717) is 17.2 Å². The van der Waals surface area contributed by atoms with Gasteiger partial charge in [-0.25, -0.2) is 18.2 Å². The first-order valence-electron chi connectivity index (χ1n) is 13.1. The van der Waals surface area contributed by atoms with Gasteiger partial charge in [-0.3, -0.25) is 9.69 Å². The van der Waals surface area contributed by atoms with Crippen LogP contribution in [0.25, 0.3) is 10.2 Å². The van der Waals surface area contributed by atoms with Crippen molar-refractivity contribution in [2.75, 3.05) is 43.9 Å². The van der Waals surface area contributed by atoms with Crippen molar-refractivity contribution in [3.63, 3.8) is 0 Å². The fraction of sp³-hybridized carbons (Fsp3) is 0.276. The number of fused-ring (bicyclic) bond motifs is 1. The van der Waals surface area contributed by atoms with Gasteiger partial charge in [0.05, 0.1) is 28.3 Å². The number of sulfonamides is 1. The molecule has 0 atom stereocenters. The van der Waals surface area contributed by atoms with Crippen molar-refractivity contribution in [1.82, 2.24) is 14.2 Å². The molecule has 4 aromatic rings. The van der Waals surface area contributed by atoms with Crippen LogP contribution in [0.3, 0.4) is 0 Å². The summed E-state index contributed by atoms with van der Waals surface area (Å²) in [6.07, 6.45) is 1.58. The highest BCUT2D eigenvalue weighted by Crippen LogP contribution is 2.33. The molecule has 2 amide bonds. The summed E-state index contributed by atoms with van der Waals surface area (Å²) >= 11 is 3.10. The van der Waals surface area contributed by atoms with Crippen LogP contribution in [0, 0.1) is 0 Å². The van der Waals surface area contributed by atoms with E-state index in [2.05, 4.69) is 6.07 Å². The first-order chi connectivity index (χ1) is 19.8. The van der Waals surface area contributed by atoms with E-state index in [1.165, 1.54) is 32.7 Å². The third kappa shape index (κ3) is 6.40.